The van der Waals surface area contributed by atoms with Crippen molar-refractivity contribution in [2.24, 2.45) is 0 Å². The summed E-state index contributed by atoms with van der Waals surface area (Å²) in [6.07, 6.45) is -0.00979. The van der Waals surface area contributed by atoms with E-state index in [1.165, 1.54) is 0 Å². The average molecular weight is 181 g/mol. The van der Waals surface area contributed by atoms with Crippen LogP contribution >= 0.6 is 0 Å². The van der Waals surface area contributed by atoms with Crippen molar-refractivity contribution >= 4 is 5.69 Å². The Balaban J connectivity index is 2.13. The van der Waals surface area contributed by atoms with Gasteiger partial charge in [0.25, 0.3) is 0 Å². The van der Waals surface area contributed by atoms with Crippen molar-refractivity contribution in [1.82, 2.24) is 0 Å². The first-order chi connectivity index (χ1) is 6.29. The molecule has 0 saturated carbocycles. The zero-order valence-electron chi connectivity index (χ0n) is 7.48. The monoisotopic (exact) mass is 181 g/mol. The number of anilines is 1. The predicted molar refractivity (Wildman–Crippen MR) is 52.4 cm³/mol. The lowest BCUT2D eigenvalue weighted by molar-refractivity contribution is -0.0456. The molecule has 0 fully saturated rings. The number of benzene rings is 1. The topological polar surface area (TPSA) is 52.5 Å². The molecule has 1 rings (SSSR count). The smallest absolute Gasteiger partial charge is 0.151 e. The highest BCUT2D eigenvalue weighted by atomic mass is 16.5. The van der Waals surface area contributed by atoms with Gasteiger partial charge in [0.2, 0.25) is 0 Å². The molecule has 1 aromatic rings. The van der Waals surface area contributed by atoms with Crippen LogP contribution in [0.3, 0.4) is 0 Å². The van der Waals surface area contributed by atoms with Crippen molar-refractivity contribution in [3.05, 3.63) is 30.3 Å². The summed E-state index contributed by atoms with van der Waals surface area (Å²) < 4.78 is 0. The molecular formula is C10H15NO2. The first-order valence-electron chi connectivity index (χ1n) is 4.44. The highest BCUT2D eigenvalue weighted by molar-refractivity contribution is 5.42. The fraction of sp³-hybridized carbons (Fsp3) is 0.400. The molecule has 13 heavy (non-hydrogen) atoms. The fourth-order valence-corrected chi connectivity index (χ4v) is 1.07. The summed E-state index contributed by atoms with van der Waals surface area (Å²) in [4.78, 5) is 0. The van der Waals surface area contributed by atoms with Crippen molar-refractivity contribution < 1.29 is 10.2 Å². The van der Waals surface area contributed by atoms with Gasteiger partial charge in [-0.2, -0.15) is 0 Å². The molecule has 3 nitrogen and oxygen atoms in total. The summed E-state index contributed by atoms with van der Waals surface area (Å²) in [6.45, 7) is 0.766. The highest BCUT2D eigenvalue weighted by Gasteiger charge is 1.95. The molecule has 0 unspecified atom stereocenters. The van der Waals surface area contributed by atoms with Gasteiger partial charge in [0.05, 0.1) is 0 Å². The Bertz CT molecular complexity index is 224. The van der Waals surface area contributed by atoms with E-state index in [9.17, 15) is 0 Å². The standard InChI is InChI=1S/C10H15NO2/c12-10(13)7-4-8-11-9-5-2-1-3-6-9/h1-3,5-6,10-13H,4,7-8H2. The van der Waals surface area contributed by atoms with Crippen molar-refractivity contribution in [3.63, 3.8) is 0 Å². The summed E-state index contributed by atoms with van der Waals surface area (Å²) in [5, 5.41) is 20.3. The van der Waals surface area contributed by atoms with Crippen LogP contribution in [-0.2, 0) is 0 Å². The maximum absolute atomic E-state index is 8.58. The minimum atomic E-state index is -1.18. The first-order valence-corrected chi connectivity index (χ1v) is 4.44. The SMILES string of the molecule is OC(O)CCCNc1ccccc1. The summed E-state index contributed by atoms with van der Waals surface area (Å²) in [7, 11) is 0. The largest absolute Gasteiger partial charge is 0.385 e. The molecule has 0 bridgehead atoms. The summed E-state index contributed by atoms with van der Waals surface area (Å²) in [5.74, 6) is 0. The number of hydrogen-bond donors (Lipinski definition) is 3. The van der Waals surface area contributed by atoms with Gasteiger partial charge >= 0.3 is 0 Å². The second-order valence-corrected chi connectivity index (χ2v) is 2.92. The Morgan fingerprint density at radius 3 is 2.46 bits per heavy atom. The molecule has 0 amide bonds. The van der Waals surface area contributed by atoms with Crippen molar-refractivity contribution in [2.75, 3.05) is 11.9 Å². The average Bonchev–Trinajstić information content (AvgIpc) is 2.14. The number of hydrogen-bond acceptors (Lipinski definition) is 3. The third kappa shape index (κ3) is 4.50. The van der Waals surface area contributed by atoms with Gasteiger partial charge in [0, 0.05) is 12.2 Å². The van der Waals surface area contributed by atoms with Gasteiger partial charge < -0.3 is 15.5 Å². The zero-order chi connectivity index (χ0) is 9.52. The van der Waals surface area contributed by atoms with Gasteiger partial charge in [-0.25, -0.2) is 0 Å². The van der Waals surface area contributed by atoms with E-state index in [2.05, 4.69) is 5.32 Å². The van der Waals surface area contributed by atoms with E-state index in [0.29, 0.717) is 6.42 Å². The third-order valence-electron chi connectivity index (χ3n) is 1.74. The van der Waals surface area contributed by atoms with Gasteiger partial charge in [-0.15, -0.1) is 0 Å². The molecule has 0 radical (unpaired) electrons. The summed E-state index contributed by atoms with van der Waals surface area (Å²) in [6, 6.07) is 9.85. The Kier molecular flexibility index (Phi) is 4.29. The van der Waals surface area contributed by atoms with Crippen LogP contribution in [0.5, 0.6) is 0 Å². The van der Waals surface area contributed by atoms with Gasteiger partial charge in [-0.05, 0) is 25.0 Å². The maximum atomic E-state index is 8.58. The Morgan fingerprint density at radius 2 is 1.85 bits per heavy atom. The molecule has 72 valence electrons. The maximum Gasteiger partial charge on any atom is 0.151 e. The minimum absolute atomic E-state index is 0.417. The van der Waals surface area contributed by atoms with E-state index in [4.69, 9.17) is 10.2 Å². The van der Waals surface area contributed by atoms with E-state index >= 15 is 0 Å². The Hall–Kier alpha value is -1.06. The lowest BCUT2D eigenvalue weighted by Gasteiger charge is -2.06. The quantitative estimate of drug-likeness (QED) is 0.472. The molecule has 0 atom stereocenters. The minimum Gasteiger partial charge on any atom is -0.385 e. The van der Waals surface area contributed by atoms with Crippen molar-refractivity contribution in [2.45, 2.75) is 19.1 Å². The van der Waals surface area contributed by atoms with Crippen LogP contribution in [0, 0.1) is 0 Å². The van der Waals surface area contributed by atoms with Gasteiger partial charge in [0.15, 0.2) is 6.29 Å². The number of aliphatic hydroxyl groups excluding tert-OH is 1. The molecular weight excluding hydrogens is 166 g/mol. The van der Waals surface area contributed by atoms with E-state index in [0.717, 1.165) is 18.7 Å². The van der Waals surface area contributed by atoms with E-state index in [1.807, 2.05) is 30.3 Å². The molecule has 0 aliphatic rings. The van der Waals surface area contributed by atoms with Crippen LogP contribution in [0.15, 0.2) is 30.3 Å². The number of rotatable bonds is 5. The first kappa shape index (κ1) is 10.0. The molecule has 0 saturated heterocycles. The zero-order valence-corrected chi connectivity index (χ0v) is 7.48. The van der Waals surface area contributed by atoms with Crippen LogP contribution in [0.4, 0.5) is 5.69 Å². The van der Waals surface area contributed by atoms with Crippen LogP contribution in [-0.4, -0.2) is 23.0 Å². The lowest BCUT2D eigenvalue weighted by atomic mass is 10.3. The Morgan fingerprint density at radius 1 is 1.15 bits per heavy atom. The van der Waals surface area contributed by atoms with Crippen molar-refractivity contribution in [3.8, 4) is 0 Å². The number of aliphatic hydroxyl groups is 2. The number of para-hydroxylation sites is 1. The fourth-order valence-electron chi connectivity index (χ4n) is 1.07. The van der Waals surface area contributed by atoms with Crippen LogP contribution < -0.4 is 5.32 Å². The predicted octanol–water partition coefficient (Wildman–Crippen LogP) is 1.19. The van der Waals surface area contributed by atoms with Gasteiger partial charge in [-0.1, -0.05) is 18.2 Å². The second kappa shape index (κ2) is 5.56. The molecule has 0 heterocycles. The number of nitrogens with one attached hydrogen (secondary N) is 1. The van der Waals surface area contributed by atoms with Crippen LogP contribution in [0.2, 0.25) is 0 Å². The molecule has 0 spiro atoms. The van der Waals surface area contributed by atoms with E-state index in [1.54, 1.807) is 0 Å². The molecule has 0 aliphatic heterocycles. The summed E-state index contributed by atoms with van der Waals surface area (Å²) >= 11 is 0. The molecule has 3 heteroatoms. The van der Waals surface area contributed by atoms with E-state index < -0.39 is 6.29 Å². The third-order valence-corrected chi connectivity index (χ3v) is 1.74. The summed E-state index contributed by atoms with van der Waals surface area (Å²) in [5.41, 5.74) is 1.06. The van der Waals surface area contributed by atoms with Gasteiger partial charge in [-0.3, -0.25) is 0 Å². The second-order valence-electron chi connectivity index (χ2n) is 2.92. The Labute approximate surface area is 78.0 Å². The van der Waals surface area contributed by atoms with E-state index in [-0.39, 0.29) is 0 Å². The molecule has 0 aromatic heterocycles. The lowest BCUT2D eigenvalue weighted by Crippen LogP contribution is -2.08. The normalized spacial score (nSPS) is 10.4. The molecule has 1 aromatic carbocycles. The molecule has 0 aliphatic carbocycles. The van der Waals surface area contributed by atoms with Crippen LogP contribution in [0.1, 0.15) is 12.8 Å². The molecule has 3 N–H and O–H groups in total. The highest BCUT2D eigenvalue weighted by Crippen LogP contribution is 2.05. The van der Waals surface area contributed by atoms with Crippen LogP contribution in [0.25, 0.3) is 0 Å². The van der Waals surface area contributed by atoms with Gasteiger partial charge in [0.1, 0.15) is 0 Å². The van der Waals surface area contributed by atoms with Crippen molar-refractivity contribution in [1.29, 1.82) is 0 Å².